The monoisotopic (exact) mass is 810 g/mol. The molecule has 0 saturated carbocycles. The lowest BCUT2D eigenvalue weighted by Gasteiger charge is -2.32. The highest BCUT2D eigenvalue weighted by atomic mass is 14.5. The van der Waals surface area contributed by atoms with Crippen LogP contribution in [0, 0.1) is 11.8 Å². The maximum atomic E-state index is 2.56. The molecule has 2 atom stereocenters. The predicted molar refractivity (Wildman–Crippen MR) is 271 cm³/mol. The van der Waals surface area contributed by atoms with Crippen LogP contribution in [-0.2, 0) is 0 Å². The molecule has 9 aromatic carbocycles. The van der Waals surface area contributed by atoms with Crippen LogP contribution in [-0.4, -0.2) is 0 Å². The standard InChI is InChI=1S/C64H42/c1-5-19-39(20-6-1)55-47-27-13-15-29-49(47)57(41-23-9-3-10-24-41)63-53-37-35-43(45-31-17-33-51(59(45)53)61(55)63)44-36-38-54-60-46(44)32-18-34-52(60)62-56(40-21-7-2-8-22-40)48-28-14-16-30-50(48)58(64(54)62)42-25-11-4-12-26-42/h1-17,19-33,35-38,45,59H,18,34H2. The van der Waals surface area contributed by atoms with Gasteiger partial charge in [0.2, 0.25) is 0 Å². The molecule has 0 aliphatic heterocycles. The summed E-state index contributed by atoms with van der Waals surface area (Å²) < 4.78 is 0. The summed E-state index contributed by atoms with van der Waals surface area (Å²) in [7, 11) is 0. The molecule has 0 bridgehead atoms. The van der Waals surface area contributed by atoms with E-state index in [1.807, 2.05) is 0 Å². The van der Waals surface area contributed by atoms with Crippen molar-refractivity contribution in [1.29, 1.82) is 0 Å². The van der Waals surface area contributed by atoms with Crippen LogP contribution < -0.4 is 10.4 Å². The topological polar surface area (TPSA) is 0 Å². The van der Waals surface area contributed by atoms with Crippen molar-refractivity contribution in [3.63, 3.8) is 0 Å². The fourth-order valence-electron chi connectivity index (χ4n) is 12.5. The van der Waals surface area contributed by atoms with E-state index < -0.39 is 0 Å². The molecule has 5 aliphatic rings. The van der Waals surface area contributed by atoms with E-state index in [1.54, 1.807) is 0 Å². The Balaban J connectivity index is 1.03. The van der Waals surface area contributed by atoms with Gasteiger partial charge in [0.25, 0.3) is 0 Å². The quantitative estimate of drug-likeness (QED) is 0.162. The van der Waals surface area contributed by atoms with Gasteiger partial charge >= 0.3 is 0 Å². The van der Waals surface area contributed by atoms with E-state index in [2.05, 4.69) is 218 Å². The van der Waals surface area contributed by atoms with Gasteiger partial charge in [-0.2, -0.15) is 0 Å². The molecule has 0 N–H and O–H groups in total. The Morgan fingerprint density at radius 3 is 1.28 bits per heavy atom. The van der Waals surface area contributed by atoms with Crippen molar-refractivity contribution in [2.24, 2.45) is 11.8 Å². The summed E-state index contributed by atoms with van der Waals surface area (Å²) in [5.41, 5.74) is 24.6. The largest absolute Gasteiger partial charge is 0.0760 e. The normalized spacial score (nSPS) is 17.2. The first kappa shape index (κ1) is 35.8. The lowest BCUT2D eigenvalue weighted by Crippen LogP contribution is -2.34. The molecule has 0 fully saturated rings. The van der Waals surface area contributed by atoms with E-state index in [1.165, 1.54) is 132 Å². The third-order valence-electron chi connectivity index (χ3n) is 14.9. The van der Waals surface area contributed by atoms with Crippen LogP contribution in [0.15, 0.2) is 212 Å². The summed E-state index contributed by atoms with van der Waals surface area (Å²) in [6.07, 6.45) is 16.9. The average Bonchev–Trinajstić information content (AvgIpc) is 3.88. The Labute approximate surface area is 373 Å². The first-order chi connectivity index (χ1) is 31.8. The fourth-order valence-corrected chi connectivity index (χ4v) is 12.5. The molecule has 0 heteroatoms. The molecule has 0 saturated heterocycles. The van der Waals surface area contributed by atoms with E-state index in [9.17, 15) is 0 Å². The number of allylic oxidation sites excluding steroid dienone is 8. The molecular weight excluding hydrogens is 769 g/mol. The molecule has 0 aromatic heterocycles. The van der Waals surface area contributed by atoms with E-state index in [0.717, 1.165) is 12.8 Å². The highest BCUT2D eigenvalue weighted by Crippen LogP contribution is 2.62. The van der Waals surface area contributed by atoms with Crippen molar-refractivity contribution in [3.05, 3.63) is 245 Å². The van der Waals surface area contributed by atoms with Gasteiger partial charge in [-0.25, -0.2) is 0 Å². The molecule has 0 amide bonds. The second-order valence-electron chi connectivity index (χ2n) is 18.0. The van der Waals surface area contributed by atoms with Crippen LogP contribution in [0.2, 0.25) is 0 Å². The second-order valence-corrected chi connectivity index (χ2v) is 18.0. The van der Waals surface area contributed by atoms with E-state index in [-0.39, 0.29) is 11.8 Å². The van der Waals surface area contributed by atoms with Gasteiger partial charge in [0.1, 0.15) is 0 Å². The van der Waals surface area contributed by atoms with Crippen LogP contribution in [0.3, 0.4) is 0 Å². The van der Waals surface area contributed by atoms with Crippen LogP contribution in [0.1, 0.15) is 35.1 Å². The maximum absolute atomic E-state index is 2.56. The zero-order valence-electron chi connectivity index (χ0n) is 35.4. The second kappa shape index (κ2) is 13.9. The summed E-state index contributed by atoms with van der Waals surface area (Å²) in [6.45, 7) is 0. The van der Waals surface area contributed by atoms with Crippen molar-refractivity contribution in [2.45, 2.75) is 12.8 Å². The van der Waals surface area contributed by atoms with E-state index >= 15 is 0 Å². The Bertz CT molecular complexity index is 3730. The van der Waals surface area contributed by atoms with Gasteiger partial charge < -0.3 is 0 Å². The molecule has 14 rings (SSSR count). The molecule has 0 heterocycles. The van der Waals surface area contributed by atoms with Crippen LogP contribution in [0.5, 0.6) is 0 Å². The van der Waals surface area contributed by atoms with Crippen molar-refractivity contribution >= 4 is 49.9 Å². The van der Waals surface area contributed by atoms with Crippen molar-refractivity contribution < 1.29 is 0 Å². The number of benzene rings is 9. The molecule has 0 nitrogen and oxygen atoms in total. The summed E-state index contributed by atoms with van der Waals surface area (Å²) in [6, 6.07) is 67.7. The van der Waals surface area contributed by atoms with E-state index in [0.29, 0.717) is 0 Å². The van der Waals surface area contributed by atoms with Crippen molar-refractivity contribution in [2.75, 3.05) is 0 Å². The third kappa shape index (κ3) is 4.94. The zero-order valence-corrected chi connectivity index (χ0v) is 35.4. The van der Waals surface area contributed by atoms with Crippen molar-refractivity contribution in [3.8, 4) is 55.6 Å². The fraction of sp³-hybridized carbons (Fsp3) is 0.0625. The summed E-state index contributed by atoms with van der Waals surface area (Å²) in [5.74, 6) is 0.410. The Hall–Kier alpha value is -7.80. The average molecular weight is 811 g/mol. The minimum atomic E-state index is 0.196. The van der Waals surface area contributed by atoms with Gasteiger partial charge in [0, 0.05) is 11.8 Å². The first-order valence-electron chi connectivity index (χ1n) is 22.9. The number of hydrogen-bond donors (Lipinski definition) is 0. The molecule has 5 aliphatic carbocycles. The third-order valence-corrected chi connectivity index (χ3v) is 14.9. The van der Waals surface area contributed by atoms with Gasteiger partial charge in [-0.15, -0.1) is 0 Å². The summed E-state index contributed by atoms with van der Waals surface area (Å²) >= 11 is 0. The van der Waals surface area contributed by atoms with Gasteiger partial charge in [-0.05, 0) is 145 Å². The molecule has 0 radical (unpaired) electrons. The Kier molecular flexibility index (Phi) is 7.74. The van der Waals surface area contributed by atoms with Gasteiger partial charge in [0.15, 0.2) is 0 Å². The smallest absolute Gasteiger partial charge is 0.0206 e. The molecule has 2 unspecified atom stereocenters. The number of fused-ring (bicyclic) bond motifs is 8. The SMILES string of the molecule is C1=CC2C(c3ccc4c5c3=CCCC=5c3c-4c(-c4ccccc4)c4ccccc4c3-c3ccccc3)=CC=C3c4c(c(-c5ccccc5)c5ccccc5c4-c4ccccc4)C(=C1)C32. The Morgan fingerprint density at radius 1 is 0.344 bits per heavy atom. The number of hydrogen-bond acceptors (Lipinski definition) is 0. The maximum Gasteiger partial charge on any atom is 0.0206 e. The van der Waals surface area contributed by atoms with Crippen molar-refractivity contribution in [1.82, 2.24) is 0 Å². The first-order valence-corrected chi connectivity index (χ1v) is 22.9. The highest BCUT2D eigenvalue weighted by Gasteiger charge is 2.44. The predicted octanol–water partition coefficient (Wildman–Crippen LogP) is 15.1. The van der Waals surface area contributed by atoms with E-state index in [4.69, 9.17) is 0 Å². The highest BCUT2D eigenvalue weighted by molar-refractivity contribution is 6.20. The van der Waals surface area contributed by atoms with Crippen LogP contribution >= 0.6 is 0 Å². The molecule has 0 spiro atoms. The summed E-state index contributed by atoms with van der Waals surface area (Å²) in [5, 5.41) is 8.09. The van der Waals surface area contributed by atoms with Crippen LogP contribution in [0.4, 0.5) is 0 Å². The number of rotatable bonds is 5. The van der Waals surface area contributed by atoms with Crippen LogP contribution in [0.25, 0.3) is 106 Å². The van der Waals surface area contributed by atoms with Gasteiger partial charge in [0.05, 0.1) is 0 Å². The zero-order chi connectivity index (χ0) is 41.9. The van der Waals surface area contributed by atoms with Gasteiger partial charge in [-0.1, -0.05) is 218 Å². The molecule has 64 heavy (non-hydrogen) atoms. The lowest BCUT2D eigenvalue weighted by molar-refractivity contribution is 0.725. The Morgan fingerprint density at radius 2 is 0.766 bits per heavy atom. The summed E-state index contributed by atoms with van der Waals surface area (Å²) in [4.78, 5) is 0. The molecule has 9 aromatic rings. The molecular formula is C64H42. The van der Waals surface area contributed by atoms with Gasteiger partial charge in [-0.3, -0.25) is 0 Å². The lowest BCUT2D eigenvalue weighted by atomic mass is 9.71. The minimum absolute atomic E-state index is 0.196. The minimum Gasteiger partial charge on any atom is -0.0760 e. The molecule has 298 valence electrons.